The Labute approximate surface area is 211 Å². The van der Waals surface area contributed by atoms with Gasteiger partial charge in [0, 0.05) is 41.8 Å². The predicted octanol–water partition coefficient (Wildman–Crippen LogP) is 3.38. The summed E-state index contributed by atoms with van der Waals surface area (Å²) in [6.45, 7) is 2.29. The molecule has 0 radical (unpaired) electrons. The molecule has 0 spiro atoms. The minimum absolute atomic E-state index is 0.0751. The highest BCUT2D eigenvalue weighted by atomic mass is 16.3. The number of nitrogens with two attached hydrogens (primary N) is 1. The Bertz CT molecular complexity index is 1650. The number of rotatable bonds is 3. The Morgan fingerprint density at radius 2 is 1.86 bits per heavy atom. The van der Waals surface area contributed by atoms with Gasteiger partial charge in [0.25, 0.3) is 11.8 Å². The molecule has 184 valence electrons. The van der Waals surface area contributed by atoms with E-state index < -0.39 is 5.54 Å². The van der Waals surface area contributed by atoms with E-state index in [0.717, 1.165) is 11.1 Å². The zero-order valence-corrected chi connectivity index (χ0v) is 19.9. The lowest BCUT2D eigenvalue weighted by Gasteiger charge is -2.34. The molecule has 1 aliphatic heterocycles. The number of hydrogen-bond donors (Lipinski definition) is 3. The number of allylic oxidation sites excluding steroid dienone is 1. The van der Waals surface area contributed by atoms with Crippen LogP contribution in [0.2, 0.25) is 0 Å². The largest absolute Gasteiger partial charge is 0.508 e. The summed E-state index contributed by atoms with van der Waals surface area (Å²) in [4.78, 5) is 45.0. The fourth-order valence-corrected chi connectivity index (χ4v) is 5.24. The van der Waals surface area contributed by atoms with Gasteiger partial charge in [-0.15, -0.1) is 0 Å². The number of aromatic nitrogens is 2. The second-order valence-corrected chi connectivity index (χ2v) is 9.38. The molecule has 4 N–H and O–H groups in total. The van der Waals surface area contributed by atoms with Crippen LogP contribution in [-0.4, -0.2) is 43.5 Å². The first kappa shape index (κ1) is 22.7. The van der Waals surface area contributed by atoms with Crippen LogP contribution in [0.4, 0.5) is 5.69 Å². The highest BCUT2D eigenvalue weighted by Crippen LogP contribution is 2.45. The van der Waals surface area contributed by atoms with Gasteiger partial charge in [0.1, 0.15) is 17.1 Å². The number of anilines is 1. The zero-order valence-electron chi connectivity index (χ0n) is 19.9. The molecule has 37 heavy (non-hydrogen) atoms. The summed E-state index contributed by atoms with van der Waals surface area (Å²) in [6, 6.07) is 14.9. The van der Waals surface area contributed by atoms with Crippen LogP contribution in [-0.2, 0) is 5.54 Å². The van der Waals surface area contributed by atoms with E-state index in [9.17, 15) is 19.5 Å². The summed E-state index contributed by atoms with van der Waals surface area (Å²) < 4.78 is 1.66. The first-order chi connectivity index (χ1) is 17.7. The van der Waals surface area contributed by atoms with Gasteiger partial charge in [-0.1, -0.05) is 18.2 Å². The van der Waals surface area contributed by atoms with Crippen LogP contribution in [0.25, 0.3) is 5.65 Å². The van der Waals surface area contributed by atoms with E-state index in [0.29, 0.717) is 41.1 Å². The maximum atomic E-state index is 13.5. The number of nitrogens with zero attached hydrogens (tertiary/aromatic N) is 3. The molecule has 0 saturated carbocycles. The quantitative estimate of drug-likeness (QED) is 0.401. The molecule has 3 heterocycles. The Morgan fingerprint density at radius 1 is 1.08 bits per heavy atom. The number of carbonyl (C=O) groups excluding carboxylic acids is 3. The molecular weight excluding hydrogens is 470 g/mol. The number of nitrogens with one attached hydrogen (secondary N) is 1. The topological polar surface area (TPSA) is 130 Å². The minimum atomic E-state index is -0.922. The first-order valence-electron chi connectivity index (χ1n) is 11.8. The van der Waals surface area contributed by atoms with Gasteiger partial charge in [0.15, 0.2) is 5.78 Å². The molecule has 6 rings (SSSR count). The van der Waals surface area contributed by atoms with E-state index in [-0.39, 0.29) is 29.0 Å². The average Bonchev–Trinajstić information content (AvgIpc) is 3.45. The minimum Gasteiger partial charge on any atom is -0.508 e. The van der Waals surface area contributed by atoms with Crippen molar-refractivity contribution in [3.05, 3.63) is 107 Å². The van der Waals surface area contributed by atoms with Crippen LogP contribution < -0.4 is 11.1 Å². The van der Waals surface area contributed by atoms with E-state index in [4.69, 9.17) is 5.73 Å². The summed E-state index contributed by atoms with van der Waals surface area (Å²) in [5, 5.41) is 12.2. The van der Waals surface area contributed by atoms with Gasteiger partial charge in [0.2, 0.25) is 0 Å². The maximum absolute atomic E-state index is 13.5. The van der Waals surface area contributed by atoms with Gasteiger partial charge >= 0.3 is 0 Å². The van der Waals surface area contributed by atoms with Crippen molar-refractivity contribution >= 4 is 28.9 Å². The fraction of sp³-hybridized carbons (Fsp3) is 0.143. The van der Waals surface area contributed by atoms with Crippen molar-refractivity contribution in [3.8, 4) is 5.75 Å². The monoisotopic (exact) mass is 493 g/mol. The summed E-state index contributed by atoms with van der Waals surface area (Å²) in [7, 11) is 0. The van der Waals surface area contributed by atoms with Crippen LogP contribution in [0.5, 0.6) is 5.75 Å². The number of amides is 2. The number of imidazole rings is 1. The molecule has 9 heteroatoms. The van der Waals surface area contributed by atoms with Crippen molar-refractivity contribution in [2.45, 2.75) is 18.9 Å². The molecule has 1 fully saturated rings. The van der Waals surface area contributed by atoms with Crippen molar-refractivity contribution in [1.29, 1.82) is 0 Å². The van der Waals surface area contributed by atoms with E-state index in [1.165, 1.54) is 30.3 Å². The smallest absolute Gasteiger partial charge is 0.278 e. The average molecular weight is 494 g/mol. The van der Waals surface area contributed by atoms with Gasteiger partial charge < -0.3 is 25.5 Å². The van der Waals surface area contributed by atoms with Crippen molar-refractivity contribution in [2.24, 2.45) is 5.73 Å². The van der Waals surface area contributed by atoms with Crippen molar-refractivity contribution < 1.29 is 19.5 Å². The molecule has 1 atom stereocenters. The molecule has 0 bridgehead atoms. The standard InChI is InChI=1S/C28H23N5O4/c1-16-3-2-4-20-22(35)13-23-28(29,25(16)20)11-12-33(23)27(37)21-15-32-14-18(7-10-24(32)31-21)30-26(36)17-5-8-19(34)9-6-17/h2-10,13-15,34H,11-12,29H2,1H3,(H,30,36)/t28-/m1/s1. The molecule has 1 saturated heterocycles. The fourth-order valence-electron chi connectivity index (χ4n) is 5.24. The van der Waals surface area contributed by atoms with Gasteiger partial charge in [0.05, 0.1) is 11.2 Å². The van der Waals surface area contributed by atoms with Crippen LogP contribution in [0.3, 0.4) is 0 Å². The number of aromatic hydroxyl groups is 1. The summed E-state index contributed by atoms with van der Waals surface area (Å²) in [5.41, 5.74) is 10.3. The first-order valence-corrected chi connectivity index (χ1v) is 11.8. The molecule has 1 aliphatic carbocycles. The third-order valence-corrected chi connectivity index (χ3v) is 7.03. The number of ketones is 1. The highest BCUT2D eigenvalue weighted by Gasteiger charge is 2.48. The second-order valence-electron chi connectivity index (χ2n) is 9.38. The van der Waals surface area contributed by atoms with Gasteiger partial charge in [-0.2, -0.15) is 0 Å². The molecule has 0 unspecified atom stereocenters. The van der Waals surface area contributed by atoms with Crippen LogP contribution >= 0.6 is 0 Å². The molecule has 2 amide bonds. The molecule has 4 aromatic rings. The number of fused-ring (bicyclic) bond motifs is 4. The van der Waals surface area contributed by atoms with E-state index in [1.807, 2.05) is 19.1 Å². The van der Waals surface area contributed by atoms with Crippen LogP contribution in [0.1, 0.15) is 48.8 Å². The van der Waals surface area contributed by atoms with E-state index in [1.54, 1.807) is 39.9 Å². The number of benzene rings is 2. The maximum Gasteiger partial charge on any atom is 0.278 e. The number of pyridine rings is 1. The lowest BCUT2D eigenvalue weighted by molar-refractivity contribution is 0.0816. The molecule has 2 aromatic carbocycles. The van der Waals surface area contributed by atoms with Crippen LogP contribution in [0, 0.1) is 6.92 Å². The molecule has 2 aliphatic rings. The van der Waals surface area contributed by atoms with Crippen LogP contribution in [0.15, 0.2) is 78.8 Å². The highest BCUT2D eigenvalue weighted by molar-refractivity contribution is 6.09. The lowest BCUT2D eigenvalue weighted by Crippen LogP contribution is -2.43. The Hall–Kier alpha value is -4.76. The Kier molecular flexibility index (Phi) is 4.99. The van der Waals surface area contributed by atoms with Gasteiger partial charge in [-0.25, -0.2) is 4.98 Å². The molecule has 2 aromatic heterocycles. The number of aryl methyl sites for hydroxylation is 1. The normalized spacial score (nSPS) is 18.4. The second kappa shape index (κ2) is 8.14. The third-order valence-electron chi connectivity index (χ3n) is 7.03. The number of phenolic OH excluding ortho intramolecular Hbond substituents is 1. The number of hydrogen-bond acceptors (Lipinski definition) is 6. The predicted molar refractivity (Wildman–Crippen MR) is 136 cm³/mol. The van der Waals surface area contributed by atoms with Gasteiger partial charge in [-0.05, 0) is 60.9 Å². The third kappa shape index (κ3) is 3.59. The molecular formula is C28H23N5O4. The Morgan fingerprint density at radius 3 is 2.65 bits per heavy atom. The van der Waals surface area contributed by atoms with Gasteiger partial charge in [-0.3, -0.25) is 14.4 Å². The number of phenols is 1. The Balaban J connectivity index is 1.28. The summed E-state index contributed by atoms with van der Waals surface area (Å²) in [6.07, 6.45) is 5.22. The van der Waals surface area contributed by atoms with E-state index in [2.05, 4.69) is 10.3 Å². The zero-order chi connectivity index (χ0) is 25.9. The van der Waals surface area contributed by atoms with Crippen molar-refractivity contribution in [2.75, 3.05) is 11.9 Å². The molecule has 9 nitrogen and oxygen atoms in total. The summed E-state index contributed by atoms with van der Waals surface area (Å²) >= 11 is 0. The van der Waals surface area contributed by atoms with E-state index >= 15 is 0 Å². The van der Waals surface area contributed by atoms with Crippen molar-refractivity contribution in [1.82, 2.24) is 14.3 Å². The number of carbonyl (C=O) groups is 3. The lowest BCUT2D eigenvalue weighted by atomic mass is 9.76. The summed E-state index contributed by atoms with van der Waals surface area (Å²) in [5.74, 6) is -0.775. The van der Waals surface area contributed by atoms with Crippen molar-refractivity contribution in [3.63, 3.8) is 0 Å². The SMILES string of the molecule is Cc1cccc2c1[C@@]1(N)CCN(C(=O)c3cn4cc(NC(=O)c5ccc(O)cc5)ccc4n3)C1=CC2=O. The number of likely N-dealkylation sites (tertiary alicyclic amines) is 1.